The first-order valence-electron chi connectivity index (χ1n) is 5.12. The van der Waals surface area contributed by atoms with Crippen LogP contribution in [0.15, 0.2) is 24.3 Å². The summed E-state index contributed by atoms with van der Waals surface area (Å²) < 4.78 is 10.3. The monoisotopic (exact) mass is 209 g/mol. The number of methoxy groups -OCH3 is 2. The molecule has 0 fully saturated rings. The molecule has 0 spiro atoms. The van der Waals surface area contributed by atoms with Crippen molar-refractivity contribution >= 4 is 0 Å². The van der Waals surface area contributed by atoms with E-state index in [1.54, 1.807) is 14.2 Å². The van der Waals surface area contributed by atoms with Crippen molar-refractivity contribution in [3.05, 3.63) is 29.8 Å². The average Bonchev–Trinajstić information content (AvgIpc) is 2.30. The van der Waals surface area contributed by atoms with Gasteiger partial charge < -0.3 is 14.8 Å². The topological polar surface area (TPSA) is 30.5 Å². The minimum absolute atomic E-state index is 0.319. The van der Waals surface area contributed by atoms with Crippen molar-refractivity contribution in [2.75, 3.05) is 27.9 Å². The summed E-state index contributed by atoms with van der Waals surface area (Å²) in [5.74, 6) is 0.894. The molecular formula is C12H19NO2. The van der Waals surface area contributed by atoms with Crippen molar-refractivity contribution in [2.24, 2.45) is 0 Å². The maximum Gasteiger partial charge on any atom is 0.119 e. The van der Waals surface area contributed by atoms with Gasteiger partial charge in [0.05, 0.1) is 7.11 Å². The summed E-state index contributed by atoms with van der Waals surface area (Å²) >= 11 is 0. The van der Waals surface area contributed by atoms with Gasteiger partial charge in [-0.2, -0.15) is 0 Å². The molecule has 0 aliphatic carbocycles. The van der Waals surface area contributed by atoms with Crippen molar-refractivity contribution in [1.82, 2.24) is 5.32 Å². The maximum atomic E-state index is 5.19. The van der Waals surface area contributed by atoms with E-state index in [0.717, 1.165) is 18.8 Å². The van der Waals surface area contributed by atoms with E-state index in [1.165, 1.54) is 5.56 Å². The first-order valence-corrected chi connectivity index (χ1v) is 5.12. The van der Waals surface area contributed by atoms with Crippen LogP contribution in [0.4, 0.5) is 0 Å². The Bertz CT molecular complexity index is 289. The molecule has 0 saturated heterocycles. The standard InChI is InChI=1S/C12H19NO2/c1-13-12(7-8-14-2)10-5-4-6-11(9-10)15-3/h4-6,9,12-13H,7-8H2,1-3H3. The molecule has 3 nitrogen and oxygen atoms in total. The summed E-state index contributed by atoms with van der Waals surface area (Å²) in [5, 5.41) is 3.27. The Morgan fingerprint density at radius 2 is 2.13 bits per heavy atom. The third kappa shape index (κ3) is 3.53. The molecule has 15 heavy (non-hydrogen) atoms. The number of nitrogens with one attached hydrogen (secondary N) is 1. The molecule has 0 heterocycles. The molecule has 1 atom stereocenters. The van der Waals surface area contributed by atoms with Crippen molar-refractivity contribution in [1.29, 1.82) is 0 Å². The van der Waals surface area contributed by atoms with Gasteiger partial charge in [-0.25, -0.2) is 0 Å². The molecule has 1 unspecified atom stereocenters. The van der Waals surface area contributed by atoms with Crippen molar-refractivity contribution in [3.8, 4) is 5.75 Å². The normalized spacial score (nSPS) is 12.5. The molecule has 1 aromatic carbocycles. The quantitative estimate of drug-likeness (QED) is 0.777. The second-order valence-electron chi connectivity index (χ2n) is 3.40. The van der Waals surface area contributed by atoms with Gasteiger partial charge >= 0.3 is 0 Å². The Kier molecular flexibility index (Phi) is 5.15. The second kappa shape index (κ2) is 6.43. The zero-order valence-electron chi connectivity index (χ0n) is 9.62. The fourth-order valence-corrected chi connectivity index (χ4v) is 1.57. The minimum Gasteiger partial charge on any atom is -0.497 e. The molecule has 0 saturated carbocycles. The lowest BCUT2D eigenvalue weighted by atomic mass is 10.0. The summed E-state index contributed by atoms with van der Waals surface area (Å²) in [4.78, 5) is 0. The van der Waals surface area contributed by atoms with Crippen LogP contribution in [0, 0.1) is 0 Å². The molecule has 0 amide bonds. The SMILES string of the molecule is CNC(CCOC)c1cccc(OC)c1. The Morgan fingerprint density at radius 1 is 1.33 bits per heavy atom. The Hall–Kier alpha value is -1.06. The van der Waals surface area contributed by atoms with Gasteiger partial charge in [0, 0.05) is 19.8 Å². The number of benzene rings is 1. The molecule has 3 heteroatoms. The van der Waals surface area contributed by atoms with Crippen molar-refractivity contribution in [2.45, 2.75) is 12.5 Å². The van der Waals surface area contributed by atoms with E-state index < -0.39 is 0 Å². The van der Waals surface area contributed by atoms with Gasteiger partial charge in [-0.3, -0.25) is 0 Å². The van der Waals surface area contributed by atoms with E-state index in [9.17, 15) is 0 Å². The number of ether oxygens (including phenoxy) is 2. The summed E-state index contributed by atoms with van der Waals surface area (Å²) in [7, 11) is 5.36. The van der Waals surface area contributed by atoms with E-state index >= 15 is 0 Å². The highest BCUT2D eigenvalue weighted by Crippen LogP contribution is 2.21. The molecule has 0 aliphatic rings. The lowest BCUT2D eigenvalue weighted by Gasteiger charge is -2.16. The molecular weight excluding hydrogens is 190 g/mol. The van der Waals surface area contributed by atoms with Crippen LogP contribution in [0.1, 0.15) is 18.0 Å². The summed E-state index contributed by atoms with van der Waals surface area (Å²) in [5.41, 5.74) is 1.23. The first-order chi connectivity index (χ1) is 7.31. The van der Waals surface area contributed by atoms with Gasteiger partial charge in [0.2, 0.25) is 0 Å². The molecule has 84 valence electrons. The van der Waals surface area contributed by atoms with Crippen LogP contribution in [0.5, 0.6) is 5.75 Å². The van der Waals surface area contributed by atoms with Gasteiger partial charge in [0.1, 0.15) is 5.75 Å². The molecule has 1 aromatic rings. The molecule has 0 aliphatic heterocycles. The molecule has 0 radical (unpaired) electrons. The van der Waals surface area contributed by atoms with Crippen LogP contribution >= 0.6 is 0 Å². The van der Waals surface area contributed by atoms with Gasteiger partial charge in [0.15, 0.2) is 0 Å². The van der Waals surface area contributed by atoms with Gasteiger partial charge in [-0.05, 0) is 31.2 Å². The van der Waals surface area contributed by atoms with E-state index in [0.29, 0.717) is 6.04 Å². The highest BCUT2D eigenvalue weighted by atomic mass is 16.5. The van der Waals surface area contributed by atoms with Crippen LogP contribution in [0.3, 0.4) is 0 Å². The zero-order valence-corrected chi connectivity index (χ0v) is 9.62. The number of rotatable bonds is 6. The maximum absolute atomic E-state index is 5.19. The molecule has 0 aromatic heterocycles. The van der Waals surface area contributed by atoms with E-state index in [4.69, 9.17) is 9.47 Å². The lowest BCUT2D eigenvalue weighted by molar-refractivity contribution is 0.184. The summed E-state index contributed by atoms with van der Waals surface area (Å²) in [6.07, 6.45) is 0.958. The van der Waals surface area contributed by atoms with Crippen LogP contribution in [0.25, 0.3) is 0 Å². The van der Waals surface area contributed by atoms with Crippen molar-refractivity contribution in [3.63, 3.8) is 0 Å². The van der Waals surface area contributed by atoms with E-state index in [1.807, 2.05) is 19.2 Å². The molecule has 1 N–H and O–H groups in total. The molecule has 1 rings (SSSR count). The number of hydrogen-bond donors (Lipinski definition) is 1. The largest absolute Gasteiger partial charge is 0.497 e. The Morgan fingerprint density at radius 3 is 2.73 bits per heavy atom. The minimum atomic E-state index is 0.319. The Balaban J connectivity index is 2.72. The van der Waals surface area contributed by atoms with Crippen LogP contribution in [-0.4, -0.2) is 27.9 Å². The highest BCUT2D eigenvalue weighted by molar-refractivity contribution is 5.30. The number of hydrogen-bond acceptors (Lipinski definition) is 3. The lowest BCUT2D eigenvalue weighted by Crippen LogP contribution is -2.18. The van der Waals surface area contributed by atoms with Crippen LogP contribution in [0.2, 0.25) is 0 Å². The van der Waals surface area contributed by atoms with Crippen molar-refractivity contribution < 1.29 is 9.47 Å². The zero-order chi connectivity index (χ0) is 11.1. The average molecular weight is 209 g/mol. The highest BCUT2D eigenvalue weighted by Gasteiger charge is 2.09. The second-order valence-corrected chi connectivity index (χ2v) is 3.40. The van der Waals surface area contributed by atoms with Crippen LogP contribution < -0.4 is 10.1 Å². The predicted octanol–water partition coefficient (Wildman–Crippen LogP) is 1.99. The van der Waals surface area contributed by atoms with Gasteiger partial charge in [-0.1, -0.05) is 12.1 Å². The molecule has 0 bridgehead atoms. The summed E-state index contributed by atoms with van der Waals surface area (Å²) in [6, 6.07) is 8.42. The smallest absolute Gasteiger partial charge is 0.119 e. The first kappa shape index (κ1) is 12.0. The third-order valence-electron chi connectivity index (χ3n) is 2.46. The fraction of sp³-hybridized carbons (Fsp3) is 0.500. The van der Waals surface area contributed by atoms with E-state index in [2.05, 4.69) is 17.4 Å². The predicted molar refractivity (Wildman–Crippen MR) is 61.3 cm³/mol. The van der Waals surface area contributed by atoms with Gasteiger partial charge in [0.25, 0.3) is 0 Å². The van der Waals surface area contributed by atoms with Gasteiger partial charge in [-0.15, -0.1) is 0 Å². The summed E-state index contributed by atoms with van der Waals surface area (Å²) in [6.45, 7) is 0.753. The Labute approximate surface area is 91.4 Å². The fourth-order valence-electron chi connectivity index (χ4n) is 1.57. The third-order valence-corrected chi connectivity index (χ3v) is 2.46. The van der Waals surface area contributed by atoms with Crippen LogP contribution in [-0.2, 0) is 4.74 Å². The van der Waals surface area contributed by atoms with E-state index in [-0.39, 0.29) is 0 Å².